The number of fused-ring (bicyclic) bond motifs is 3. The molecule has 0 aliphatic carbocycles. The molecular weight excluding hydrogens is 376 g/mol. The molecule has 6 heteroatoms. The van der Waals surface area contributed by atoms with Gasteiger partial charge in [-0.05, 0) is 31.9 Å². The maximum Gasteiger partial charge on any atom is 0.332 e. The number of nitrogens with two attached hydrogens (primary N) is 2. The number of piperidine rings is 1. The molecule has 3 aliphatic rings. The predicted molar refractivity (Wildman–Crippen MR) is 120 cm³/mol. The van der Waals surface area contributed by atoms with Crippen molar-refractivity contribution in [2.75, 3.05) is 13.1 Å². The average Bonchev–Trinajstić information content (AvgIpc) is 2.99. The van der Waals surface area contributed by atoms with Crippen LogP contribution >= 0.6 is 0 Å². The van der Waals surface area contributed by atoms with Gasteiger partial charge in [0.1, 0.15) is 0 Å². The molecule has 1 fully saturated rings. The van der Waals surface area contributed by atoms with Gasteiger partial charge in [0.05, 0.1) is 18.3 Å². The van der Waals surface area contributed by atoms with Crippen LogP contribution in [0.15, 0.2) is 65.5 Å². The number of esters is 1. The largest absolute Gasteiger partial charge is 0.450 e. The van der Waals surface area contributed by atoms with Crippen molar-refractivity contribution in [3.8, 4) is 0 Å². The summed E-state index contributed by atoms with van der Waals surface area (Å²) in [4.78, 5) is 14.6. The third-order valence-electron chi connectivity index (χ3n) is 6.00. The number of hydrogen-bond donors (Lipinski definition) is 2. The first-order valence-electron chi connectivity index (χ1n) is 10.9. The first kappa shape index (κ1) is 22.1. The van der Waals surface area contributed by atoms with Gasteiger partial charge in [-0.3, -0.25) is 4.90 Å². The Balaban J connectivity index is 0.00000124. The third-order valence-corrected chi connectivity index (χ3v) is 6.00. The van der Waals surface area contributed by atoms with Crippen molar-refractivity contribution in [3.63, 3.8) is 0 Å². The minimum absolute atomic E-state index is 0.179. The number of benzene rings is 1. The van der Waals surface area contributed by atoms with Gasteiger partial charge in [0.25, 0.3) is 0 Å². The Morgan fingerprint density at radius 2 is 2.03 bits per heavy atom. The van der Waals surface area contributed by atoms with Crippen molar-refractivity contribution in [1.82, 2.24) is 9.91 Å². The normalized spacial score (nSPS) is 26.2. The maximum atomic E-state index is 12.2. The van der Waals surface area contributed by atoms with Gasteiger partial charge >= 0.3 is 5.97 Å². The van der Waals surface area contributed by atoms with Crippen LogP contribution in [-0.2, 0) is 16.1 Å². The molecule has 1 aromatic carbocycles. The summed E-state index contributed by atoms with van der Waals surface area (Å²) in [7, 11) is 0. The zero-order valence-electron chi connectivity index (χ0n) is 18.3. The molecule has 0 radical (unpaired) electrons. The molecular formula is C24H34N4O2. The lowest BCUT2D eigenvalue weighted by Crippen LogP contribution is -2.53. The number of hydrazine groups is 1. The lowest BCUT2D eigenvalue weighted by molar-refractivity contribution is -0.150. The van der Waals surface area contributed by atoms with E-state index in [-0.39, 0.29) is 12.0 Å². The average molecular weight is 411 g/mol. The molecule has 0 spiro atoms. The third kappa shape index (κ3) is 4.45. The summed E-state index contributed by atoms with van der Waals surface area (Å²) in [6.45, 7) is 8.37. The molecule has 3 heterocycles. The van der Waals surface area contributed by atoms with Crippen LogP contribution in [0.25, 0.3) is 0 Å². The monoisotopic (exact) mass is 410 g/mol. The van der Waals surface area contributed by atoms with E-state index in [1.165, 1.54) is 6.42 Å². The Hall–Kier alpha value is -2.57. The smallest absolute Gasteiger partial charge is 0.332 e. The summed E-state index contributed by atoms with van der Waals surface area (Å²) in [5, 5.41) is 1.58. The molecule has 0 amide bonds. The van der Waals surface area contributed by atoms with Crippen molar-refractivity contribution in [2.45, 2.75) is 58.2 Å². The second-order valence-corrected chi connectivity index (χ2v) is 7.95. The molecule has 6 nitrogen and oxygen atoms in total. The number of hydrogen-bond acceptors (Lipinski definition) is 6. The number of carbonyl (C=O) groups is 1. The van der Waals surface area contributed by atoms with Gasteiger partial charge in [-0.25, -0.2) is 10.6 Å². The molecule has 0 aromatic heterocycles. The standard InChI is InChI=1S/C22H28N4O2.C2H6/c1-22-18(13-21(27)28-22)17(10-12-25-11-6-5-9-20(22)25)19(23)15-26(24)14-16-7-3-2-4-8-16;1-2/h2-4,7-8,10,13,15,20H,5-6,9,11-12,14,23-24H2,1H3;1-2H3/b19-15-;/t20?,22-;/m0./s1. The Morgan fingerprint density at radius 1 is 1.30 bits per heavy atom. The number of carbonyl (C=O) groups excluding carboxylic acids is 1. The van der Waals surface area contributed by atoms with Gasteiger partial charge in [0.15, 0.2) is 5.60 Å². The van der Waals surface area contributed by atoms with E-state index in [1.807, 2.05) is 51.1 Å². The molecule has 1 aromatic rings. The van der Waals surface area contributed by atoms with Crippen molar-refractivity contribution >= 4 is 5.97 Å². The van der Waals surface area contributed by atoms with E-state index in [4.69, 9.17) is 16.3 Å². The van der Waals surface area contributed by atoms with E-state index < -0.39 is 5.60 Å². The fourth-order valence-electron chi connectivity index (χ4n) is 4.66. The first-order valence-corrected chi connectivity index (χ1v) is 10.9. The van der Waals surface area contributed by atoms with Gasteiger partial charge in [0.2, 0.25) is 0 Å². The lowest BCUT2D eigenvalue weighted by atomic mass is 9.80. The molecule has 1 saturated heterocycles. The van der Waals surface area contributed by atoms with Gasteiger partial charge in [-0.15, -0.1) is 0 Å². The van der Waals surface area contributed by atoms with Crippen molar-refractivity contribution in [3.05, 3.63) is 71.1 Å². The van der Waals surface area contributed by atoms with E-state index >= 15 is 0 Å². The van der Waals surface area contributed by atoms with Crippen LogP contribution < -0.4 is 11.6 Å². The van der Waals surface area contributed by atoms with E-state index in [1.54, 1.807) is 17.3 Å². The fourth-order valence-corrected chi connectivity index (χ4v) is 4.66. The molecule has 4 rings (SSSR count). The van der Waals surface area contributed by atoms with Crippen molar-refractivity contribution in [2.24, 2.45) is 11.6 Å². The highest BCUT2D eigenvalue weighted by molar-refractivity contribution is 5.89. The molecule has 0 saturated carbocycles. The zero-order chi connectivity index (χ0) is 21.7. The van der Waals surface area contributed by atoms with E-state index in [0.29, 0.717) is 12.2 Å². The maximum absolute atomic E-state index is 12.2. The highest BCUT2D eigenvalue weighted by Crippen LogP contribution is 2.44. The molecule has 30 heavy (non-hydrogen) atoms. The molecule has 2 atom stereocenters. The van der Waals surface area contributed by atoms with Crippen LogP contribution in [0.2, 0.25) is 0 Å². The van der Waals surface area contributed by atoms with E-state index in [9.17, 15) is 4.79 Å². The molecule has 0 bridgehead atoms. The Morgan fingerprint density at radius 3 is 2.77 bits per heavy atom. The van der Waals surface area contributed by atoms with E-state index in [0.717, 1.165) is 42.6 Å². The predicted octanol–water partition coefficient (Wildman–Crippen LogP) is 3.23. The Kier molecular flexibility index (Phi) is 7.00. The zero-order valence-corrected chi connectivity index (χ0v) is 18.3. The van der Waals surface area contributed by atoms with Gasteiger partial charge < -0.3 is 15.5 Å². The topological polar surface area (TPSA) is 84.8 Å². The van der Waals surface area contributed by atoms with Crippen molar-refractivity contribution in [1.29, 1.82) is 0 Å². The van der Waals surface area contributed by atoms with Crippen LogP contribution in [0.5, 0.6) is 0 Å². The molecule has 162 valence electrons. The van der Waals surface area contributed by atoms with Gasteiger partial charge in [-0.2, -0.15) is 0 Å². The van der Waals surface area contributed by atoms with Crippen LogP contribution in [0, 0.1) is 0 Å². The van der Waals surface area contributed by atoms with Crippen LogP contribution in [0.1, 0.15) is 45.6 Å². The number of nitrogens with zero attached hydrogens (tertiary/aromatic N) is 2. The lowest BCUT2D eigenvalue weighted by Gasteiger charge is -2.43. The second kappa shape index (κ2) is 9.49. The van der Waals surface area contributed by atoms with E-state index in [2.05, 4.69) is 11.0 Å². The number of rotatable bonds is 4. The molecule has 3 aliphatic heterocycles. The first-order chi connectivity index (χ1) is 14.5. The van der Waals surface area contributed by atoms with Gasteiger partial charge in [-0.1, -0.05) is 56.7 Å². The van der Waals surface area contributed by atoms with Crippen LogP contribution in [-0.4, -0.2) is 40.6 Å². The Labute approximate surface area is 179 Å². The summed E-state index contributed by atoms with van der Waals surface area (Å²) in [6, 6.07) is 10.2. The summed E-state index contributed by atoms with van der Waals surface area (Å²) in [5.74, 6) is 5.89. The highest BCUT2D eigenvalue weighted by Gasteiger charge is 2.50. The summed E-state index contributed by atoms with van der Waals surface area (Å²) in [6.07, 6.45) is 8.79. The second-order valence-electron chi connectivity index (χ2n) is 7.95. The minimum Gasteiger partial charge on any atom is -0.450 e. The minimum atomic E-state index is -0.669. The number of allylic oxidation sites excluding steroid dienone is 1. The van der Waals surface area contributed by atoms with Gasteiger partial charge in [0, 0.05) is 30.0 Å². The highest BCUT2D eigenvalue weighted by atomic mass is 16.6. The summed E-state index contributed by atoms with van der Waals surface area (Å²) >= 11 is 0. The van der Waals surface area contributed by atoms with Crippen LogP contribution in [0.3, 0.4) is 0 Å². The SMILES string of the molecule is CC.C[C@]12OC(=O)C=C1C(/C(N)=C/N(N)Cc1ccccc1)=CCN1CCCCC12. The molecule has 4 N–H and O–H groups in total. The Bertz CT molecular complexity index is 846. The fraction of sp³-hybridized carbons (Fsp3) is 0.458. The number of ether oxygens (including phenoxy) is 1. The molecule has 1 unspecified atom stereocenters. The quantitative estimate of drug-likeness (QED) is 0.450. The summed E-state index contributed by atoms with van der Waals surface area (Å²) < 4.78 is 5.84. The van der Waals surface area contributed by atoms with Crippen molar-refractivity contribution < 1.29 is 9.53 Å². The summed E-state index contributed by atoms with van der Waals surface area (Å²) in [5.41, 5.74) is 9.17. The van der Waals surface area contributed by atoms with Crippen LogP contribution in [0.4, 0.5) is 0 Å².